The van der Waals surface area contributed by atoms with Crippen molar-refractivity contribution in [1.29, 1.82) is 0 Å². The molecule has 2 rings (SSSR count). The number of anilines is 2. The van der Waals surface area contributed by atoms with Gasteiger partial charge in [-0.15, -0.1) is 0 Å². The Morgan fingerprint density at radius 1 is 1.00 bits per heavy atom. The molecule has 2 aromatic rings. The quantitative estimate of drug-likeness (QED) is 0.729. The Bertz CT molecular complexity index is 683. The van der Waals surface area contributed by atoms with Crippen LogP contribution in [0.15, 0.2) is 36.4 Å². The summed E-state index contributed by atoms with van der Waals surface area (Å²) in [5.41, 5.74) is 1.24. The number of nitrogens with one attached hydrogen (secondary N) is 1. The molecule has 0 saturated heterocycles. The third kappa shape index (κ3) is 5.48. The largest absolute Gasteiger partial charge is 0.376 e. The van der Waals surface area contributed by atoms with E-state index in [1.165, 1.54) is 18.2 Å². The van der Waals surface area contributed by atoms with E-state index in [4.69, 9.17) is 16.3 Å². The Labute approximate surface area is 140 Å². The van der Waals surface area contributed by atoms with Gasteiger partial charge in [-0.25, -0.2) is 8.78 Å². The highest BCUT2D eigenvalue weighted by Gasteiger charge is 2.11. The maximum Gasteiger partial charge on any atom is 0.148 e. The van der Waals surface area contributed by atoms with Gasteiger partial charge < -0.3 is 10.1 Å². The maximum absolute atomic E-state index is 13.9. The van der Waals surface area contributed by atoms with Gasteiger partial charge in [0.25, 0.3) is 0 Å². The average molecular weight is 340 g/mol. The minimum atomic E-state index is -0.536. The van der Waals surface area contributed by atoms with E-state index in [0.29, 0.717) is 13.2 Å². The first kappa shape index (κ1) is 17.7. The zero-order valence-electron chi connectivity index (χ0n) is 13.4. The summed E-state index contributed by atoms with van der Waals surface area (Å²) in [6.45, 7) is 7.20. The predicted octanol–water partition coefficient (Wildman–Crippen LogP) is 5.92. The Kier molecular flexibility index (Phi) is 5.60. The Hall–Kier alpha value is -1.65. The molecule has 0 fully saturated rings. The molecule has 124 valence electrons. The summed E-state index contributed by atoms with van der Waals surface area (Å²) in [6, 6.07) is 8.80. The van der Waals surface area contributed by atoms with Crippen LogP contribution in [-0.2, 0) is 11.3 Å². The predicted molar refractivity (Wildman–Crippen MR) is 90.2 cm³/mol. The zero-order chi connectivity index (χ0) is 17.0. The first-order valence-corrected chi connectivity index (χ1v) is 7.71. The summed E-state index contributed by atoms with van der Waals surface area (Å²) in [5, 5.41) is 3.04. The van der Waals surface area contributed by atoms with E-state index >= 15 is 0 Å². The average Bonchev–Trinajstić information content (AvgIpc) is 2.44. The van der Waals surface area contributed by atoms with Crippen molar-refractivity contribution in [2.75, 3.05) is 11.9 Å². The molecule has 0 atom stereocenters. The van der Waals surface area contributed by atoms with E-state index in [1.807, 2.05) is 0 Å². The number of hydrogen-bond donors (Lipinski definition) is 1. The van der Waals surface area contributed by atoms with Crippen molar-refractivity contribution in [3.8, 4) is 0 Å². The van der Waals surface area contributed by atoms with Gasteiger partial charge in [0.05, 0.1) is 24.6 Å². The minimum Gasteiger partial charge on any atom is -0.376 e. The van der Waals surface area contributed by atoms with Gasteiger partial charge in [0, 0.05) is 5.02 Å². The maximum atomic E-state index is 13.9. The summed E-state index contributed by atoms with van der Waals surface area (Å²) in [6.07, 6.45) is 0. The normalized spacial score (nSPS) is 11.6. The van der Waals surface area contributed by atoms with Gasteiger partial charge in [-0.05, 0) is 41.3 Å². The van der Waals surface area contributed by atoms with Crippen LogP contribution in [0.25, 0.3) is 0 Å². The minimum absolute atomic E-state index is 0.0630. The SMILES string of the molecule is CC(C)(C)COCc1ccc(F)c(Nc2ccc(Cl)cc2F)c1. The van der Waals surface area contributed by atoms with Crippen molar-refractivity contribution >= 4 is 23.0 Å². The van der Waals surface area contributed by atoms with E-state index in [1.54, 1.807) is 18.2 Å². The van der Waals surface area contributed by atoms with Crippen molar-refractivity contribution in [2.24, 2.45) is 5.41 Å². The fraction of sp³-hybridized carbons (Fsp3) is 0.333. The Morgan fingerprint density at radius 2 is 1.74 bits per heavy atom. The fourth-order valence-corrected chi connectivity index (χ4v) is 2.13. The molecule has 0 aliphatic carbocycles. The van der Waals surface area contributed by atoms with Crippen molar-refractivity contribution in [3.63, 3.8) is 0 Å². The second-order valence-electron chi connectivity index (χ2n) is 6.62. The molecular weight excluding hydrogens is 320 g/mol. The number of rotatable bonds is 5. The van der Waals surface area contributed by atoms with Gasteiger partial charge in [-0.1, -0.05) is 38.4 Å². The van der Waals surface area contributed by atoms with E-state index in [2.05, 4.69) is 26.1 Å². The van der Waals surface area contributed by atoms with Crippen molar-refractivity contribution in [3.05, 3.63) is 58.6 Å². The summed E-state index contributed by atoms with van der Waals surface area (Å²) in [5.74, 6) is -0.995. The molecule has 1 N–H and O–H groups in total. The number of hydrogen-bond acceptors (Lipinski definition) is 2. The van der Waals surface area contributed by atoms with E-state index in [9.17, 15) is 8.78 Å². The monoisotopic (exact) mass is 339 g/mol. The van der Waals surface area contributed by atoms with Crippen LogP contribution in [0.4, 0.5) is 20.2 Å². The molecule has 0 radical (unpaired) electrons. The Morgan fingerprint density at radius 3 is 2.39 bits per heavy atom. The number of ether oxygens (including phenoxy) is 1. The number of benzene rings is 2. The van der Waals surface area contributed by atoms with Gasteiger partial charge in [-0.3, -0.25) is 0 Å². The summed E-state index contributed by atoms with van der Waals surface area (Å²) < 4.78 is 33.4. The molecule has 23 heavy (non-hydrogen) atoms. The molecule has 0 heterocycles. The summed E-state index contributed by atoms with van der Waals surface area (Å²) >= 11 is 5.71. The molecule has 2 nitrogen and oxygen atoms in total. The lowest BCUT2D eigenvalue weighted by Crippen LogP contribution is -2.14. The van der Waals surface area contributed by atoms with E-state index < -0.39 is 11.6 Å². The molecule has 5 heteroatoms. The van der Waals surface area contributed by atoms with Gasteiger partial charge in [0.1, 0.15) is 11.6 Å². The summed E-state index contributed by atoms with van der Waals surface area (Å²) in [7, 11) is 0. The molecule has 0 bridgehead atoms. The third-order valence-corrected chi connectivity index (χ3v) is 3.27. The van der Waals surface area contributed by atoms with Gasteiger partial charge >= 0.3 is 0 Å². The highest BCUT2D eigenvalue weighted by Crippen LogP contribution is 2.26. The summed E-state index contributed by atoms with van der Waals surface area (Å²) in [4.78, 5) is 0. The standard InChI is InChI=1S/C18H20ClF2NO/c1-18(2,3)11-23-10-12-4-6-14(20)17(8-12)22-16-7-5-13(19)9-15(16)21/h4-9,22H,10-11H2,1-3H3. The van der Waals surface area contributed by atoms with Crippen LogP contribution in [0.1, 0.15) is 26.3 Å². The van der Waals surface area contributed by atoms with E-state index in [-0.39, 0.29) is 21.8 Å². The fourth-order valence-electron chi connectivity index (χ4n) is 1.97. The van der Waals surface area contributed by atoms with Gasteiger partial charge in [0.15, 0.2) is 0 Å². The molecule has 0 aliphatic heterocycles. The van der Waals surface area contributed by atoms with E-state index in [0.717, 1.165) is 5.56 Å². The Balaban J connectivity index is 2.11. The third-order valence-electron chi connectivity index (χ3n) is 3.04. The molecule has 0 amide bonds. The topological polar surface area (TPSA) is 21.3 Å². The molecular formula is C18H20ClF2NO. The first-order chi connectivity index (χ1) is 10.7. The van der Waals surface area contributed by atoms with Crippen LogP contribution in [0, 0.1) is 17.0 Å². The molecule has 2 aromatic carbocycles. The first-order valence-electron chi connectivity index (χ1n) is 7.33. The van der Waals surface area contributed by atoms with Crippen LogP contribution in [0.5, 0.6) is 0 Å². The zero-order valence-corrected chi connectivity index (χ0v) is 14.2. The van der Waals surface area contributed by atoms with Crippen LogP contribution < -0.4 is 5.32 Å². The van der Waals surface area contributed by atoms with Crippen LogP contribution >= 0.6 is 11.6 Å². The van der Waals surface area contributed by atoms with Crippen LogP contribution in [0.2, 0.25) is 5.02 Å². The molecule has 0 saturated carbocycles. The molecule has 0 aromatic heterocycles. The lowest BCUT2D eigenvalue weighted by Gasteiger charge is -2.18. The second-order valence-corrected chi connectivity index (χ2v) is 7.05. The highest BCUT2D eigenvalue weighted by molar-refractivity contribution is 6.30. The highest BCUT2D eigenvalue weighted by atomic mass is 35.5. The van der Waals surface area contributed by atoms with Crippen molar-refractivity contribution < 1.29 is 13.5 Å². The molecule has 0 aliphatic rings. The van der Waals surface area contributed by atoms with Crippen molar-refractivity contribution in [1.82, 2.24) is 0 Å². The molecule has 0 spiro atoms. The lowest BCUT2D eigenvalue weighted by atomic mass is 9.99. The van der Waals surface area contributed by atoms with Gasteiger partial charge in [-0.2, -0.15) is 0 Å². The van der Waals surface area contributed by atoms with Crippen LogP contribution in [0.3, 0.4) is 0 Å². The van der Waals surface area contributed by atoms with Crippen LogP contribution in [-0.4, -0.2) is 6.61 Å². The van der Waals surface area contributed by atoms with Crippen molar-refractivity contribution in [2.45, 2.75) is 27.4 Å². The smallest absolute Gasteiger partial charge is 0.148 e. The second kappa shape index (κ2) is 7.28. The van der Waals surface area contributed by atoms with Gasteiger partial charge in [0.2, 0.25) is 0 Å². The number of halogens is 3. The molecule has 0 unspecified atom stereocenters. The lowest BCUT2D eigenvalue weighted by molar-refractivity contribution is 0.0599.